The molecule has 1 unspecified atom stereocenters. The third-order valence-corrected chi connectivity index (χ3v) is 4.50. The van der Waals surface area contributed by atoms with Crippen LogP contribution in [0.5, 0.6) is 17.2 Å². The largest absolute Gasteiger partial charge is 0.502 e. The molecule has 0 fully saturated rings. The molecule has 0 bridgehead atoms. The first-order valence-corrected chi connectivity index (χ1v) is 8.31. The van der Waals surface area contributed by atoms with E-state index in [0.717, 1.165) is 5.39 Å². The van der Waals surface area contributed by atoms with Crippen LogP contribution in [0.15, 0.2) is 56.8 Å². The predicted molar refractivity (Wildman–Crippen MR) is 98.7 cm³/mol. The van der Waals surface area contributed by atoms with E-state index in [1.54, 1.807) is 24.3 Å². The Morgan fingerprint density at radius 1 is 1.11 bits per heavy atom. The molecular formula is C20H17NO6. The Bertz CT molecular complexity index is 1080. The SMILES string of the molecule is COc1cc(C2CC(c3cc4ccccc4oc3=O)=NO2)cc(OC)c1O. The highest BCUT2D eigenvalue weighted by molar-refractivity contribution is 6.02. The minimum atomic E-state index is -0.461. The number of methoxy groups -OCH3 is 2. The average Bonchev–Trinajstić information content (AvgIpc) is 3.17. The number of phenolic OH excluding ortho intramolecular Hbond substituents is 1. The van der Waals surface area contributed by atoms with Crippen LogP contribution in [0.1, 0.15) is 23.7 Å². The van der Waals surface area contributed by atoms with Gasteiger partial charge in [-0.2, -0.15) is 0 Å². The topological polar surface area (TPSA) is 90.5 Å². The Kier molecular flexibility index (Phi) is 4.19. The minimum absolute atomic E-state index is 0.0851. The summed E-state index contributed by atoms with van der Waals surface area (Å²) in [5.41, 5.74) is 1.65. The predicted octanol–water partition coefficient (Wildman–Crippen LogP) is 3.38. The van der Waals surface area contributed by atoms with Crippen LogP contribution in [-0.4, -0.2) is 25.0 Å². The first-order chi connectivity index (χ1) is 13.1. The van der Waals surface area contributed by atoms with E-state index in [9.17, 15) is 9.90 Å². The molecule has 2 heterocycles. The van der Waals surface area contributed by atoms with Crippen LogP contribution >= 0.6 is 0 Å². The van der Waals surface area contributed by atoms with Crippen molar-refractivity contribution in [2.75, 3.05) is 14.2 Å². The summed E-state index contributed by atoms with van der Waals surface area (Å²) in [4.78, 5) is 17.9. The van der Waals surface area contributed by atoms with Crippen LogP contribution in [0.2, 0.25) is 0 Å². The van der Waals surface area contributed by atoms with Crippen LogP contribution in [0.4, 0.5) is 0 Å². The maximum Gasteiger partial charge on any atom is 0.345 e. The maximum absolute atomic E-state index is 12.3. The summed E-state index contributed by atoms with van der Waals surface area (Å²) >= 11 is 0. The molecule has 0 saturated carbocycles. The van der Waals surface area contributed by atoms with Gasteiger partial charge < -0.3 is 23.8 Å². The van der Waals surface area contributed by atoms with E-state index in [1.807, 2.05) is 18.2 Å². The second-order valence-electron chi connectivity index (χ2n) is 6.10. The summed E-state index contributed by atoms with van der Waals surface area (Å²) in [6.45, 7) is 0. The van der Waals surface area contributed by atoms with E-state index < -0.39 is 11.7 Å². The monoisotopic (exact) mass is 367 g/mol. The number of benzene rings is 2. The fourth-order valence-corrected chi connectivity index (χ4v) is 3.08. The molecule has 1 aliphatic rings. The molecule has 1 atom stereocenters. The number of para-hydroxylation sites is 1. The van der Waals surface area contributed by atoms with Crippen LogP contribution in [0, 0.1) is 0 Å². The number of hydrogen-bond donors (Lipinski definition) is 1. The van der Waals surface area contributed by atoms with E-state index in [4.69, 9.17) is 18.7 Å². The Hall–Kier alpha value is -3.48. The van der Waals surface area contributed by atoms with E-state index in [1.165, 1.54) is 14.2 Å². The third kappa shape index (κ3) is 2.97. The first-order valence-electron chi connectivity index (χ1n) is 8.31. The van der Waals surface area contributed by atoms with E-state index in [2.05, 4.69) is 5.16 Å². The molecule has 7 nitrogen and oxygen atoms in total. The summed E-state index contributed by atoms with van der Waals surface area (Å²) in [7, 11) is 2.91. The van der Waals surface area contributed by atoms with Crippen molar-refractivity contribution in [3.63, 3.8) is 0 Å². The van der Waals surface area contributed by atoms with Crippen molar-refractivity contribution in [1.82, 2.24) is 0 Å². The highest BCUT2D eigenvalue weighted by Gasteiger charge is 2.28. The van der Waals surface area contributed by atoms with Crippen LogP contribution in [0.25, 0.3) is 11.0 Å². The molecule has 138 valence electrons. The molecular weight excluding hydrogens is 350 g/mol. The second kappa shape index (κ2) is 6.68. The zero-order chi connectivity index (χ0) is 19.0. The van der Waals surface area contributed by atoms with Crippen molar-refractivity contribution in [3.05, 3.63) is 64.0 Å². The van der Waals surface area contributed by atoms with Gasteiger partial charge in [0.1, 0.15) is 5.58 Å². The van der Waals surface area contributed by atoms with E-state index >= 15 is 0 Å². The summed E-state index contributed by atoms with van der Waals surface area (Å²) in [6.07, 6.45) is -0.0607. The van der Waals surface area contributed by atoms with Crippen molar-refractivity contribution in [3.8, 4) is 17.2 Å². The highest BCUT2D eigenvalue weighted by atomic mass is 16.6. The lowest BCUT2D eigenvalue weighted by Gasteiger charge is -2.14. The Morgan fingerprint density at radius 2 is 1.81 bits per heavy atom. The minimum Gasteiger partial charge on any atom is -0.502 e. The zero-order valence-electron chi connectivity index (χ0n) is 14.8. The standard InChI is InChI=1S/C20H17NO6/c1-24-17-8-12(9-18(25-2)19(17)22)16-10-14(21-27-16)13-7-11-5-3-4-6-15(11)26-20(13)23/h3-9,16,22H,10H2,1-2H3. The molecule has 0 spiro atoms. The molecule has 0 amide bonds. The van der Waals surface area contributed by atoms with Crippen LogP contribution in [-0.2, 0) is 4.84 Å². The second-order valence-corrected chi connectivity index (χ2v) is 6.10. The van der Waals surface area contributed by atoms with Crippen LogP contribution < -0.4 is 15.1 Å². The number of hydrogen-bond acceptors (Lipinski definition) is 7. The Balaban J connectivity index is 1.66. The van der Waals surface area contributed by atoms with Gasteiger partial charge >= 0.3 is 5.63 Å². The van der Waals surface area contributed by atoms with Gasteiger partial charge in [-0.15, -0.1) is 0 Å². The van der Waals surface area contributed by atoms with Gasteiger partial charge in [-0.25, -0.2) is 4.79 Å². The van der Waals surface area contributed by atoms with Gasteiger partial charge in [0.15, 0.2) is 17.6 Å². The van der Waals surface area contributed by atoms with Gasteiger partial charge in [0.2, 0.25) is 5.75 Å². The molecule has 0 radical (unpaired) electrons. The average molecular weight is 367 g/mol. The molecule has 7 heteroatoms. The van der Waals surface area contributed by atoms with E-state index in [0.29, 0.717) is 28.8 Å². The zero-order valence-corrected chi connectivity index (χ0v) is 14.8. The Morgan fingerprint density at radius 3 is 2.52 bits per heavy atom. The molecule has 1 N–H and O–H groups in total. The fraction of sp³-hybridized carbons (Fsp3) is 0.200. The quantitative estimate of drug-likeness (QED) is 0.711. The summed E-state index contributed by atoms with van der Waals surface area (Å²) in [5, 5.41) is 14.9. The van der Waals surface area contributed by atoms with Crippen molar-refractivity contribution in [2.45, 2.75) is 12.5 Å². The van der Waals surface area contributed by atoms with Gasteiger partial charge in [0.25, 0.3) is 0 Å². The van der Waals surface area contributed by atoms with Gasteiger partial charge in [-0.05, 0) is 24.3 Å². The molecule has 1 aliphatic heterocycles. The van der Waals surface area contributed by atoms with Crippen molar-refractivity contribution < 1.29 is 23.8 Å². The lowest BCUT2D eigenvalue weighted by atomic mass is 10.00. The fourth-order valence-electron chi connectivity index (χ4n) is 3.08. The number of aromatic hydroxyl groups is 1. The number of fused-ring (bicyclic) bond motifs is 1. The number of phenols is 1. The van der Waals surface area contributed by atoms with Gasteiger partial charge in [-0.3, -0.25) is 0 Å². The molecule has 27 heavy (non-hydrogen) atoms. The van der Waals surface area contributed by atoms with Gasteiger partial charge in [0.05, 0.1) is 25.5 Å². The van der Waals surface area contributed by atoms with Gasteiger partial charge in [0, 0.05) is 17.4 Å². The maximum atomic E-state index is 12.3. The number of ether oxygens (including phenoxy) is 2. The summed E-state index contributed by atoms with van der Waals surface area (Å²) in [6, 6.07) is 12.4. The summed E-state index contributed by atoms with van der Waals surface area (Å²) < 4.78 is 15.7. The van der Waals surface area contributed by atoms with E-state index in [-0.39, 0.29) is 17.2 Å². The molecule has 0 saturated heterocycles. The lowest BCUT2D eigenvalue weighted by molar-refractivity contribution is 0.0853. The van der Waals surface area contributed by atoms with Crippen molar-refractivity contribution in [1.29, 1.82) is 0 Å². The van der Waals surface area contributed by atoms with Gasteiger partial charge in [-0.1, -0.05) is 23.4 Å². The van der Waals surface area contributed by atoms with Crippen molar-refractivity contribution >= 4 is 16.7 Å². The molecule has 0 aliphatic carbocycles. The molecule has 3 aromatic rings. The molecule has 2 aromatic carbocycles. The van der Waals surface area contributed by atoms with Crippen LogP contribution in [0.3, 0.4) is 0 Å². The van der Waals surface area contributed by atoms with Crippen molar-refractivity contribution in [2.24, 2.45) is 5.16 Å². The Labute approximate surface area is 154 Å². The third-order valence-electron chi connectivity index (χ3n) is 4.50. The summed E-state index contributed by atoms with van der Waals surface area (Å²) in [5.74, 6) is 0.455. The number of rotatable bonds is 4. The molecule has 4 rings (SSSR count). The normalized spacial score (nSPS) is 16.1. The lowest BCUT2D eigenvalue weighted by Crippen LogP contribution is -2.13. The number of nitrogens with zero attached hydrogens (tertiary/aromatic N) is 1. The smallest absolute Gasteiger partial charge is 0.345 e. The highest BCUT2D eigenvalue weighted by Crippen LogP contribution is 2.41. The molecule has 1 aromatic heterocycles. The first kappa shape index (κ1) is 17.0. The number of oxime groups is 1.